The zero-order chi connectivity index (χ0) is 13.1. The van der Waals surface area contributed by atoms with Gasteiger partial charge in [0, 0.05) is 19.4 Å². The second kappa shape index (κ2) is 6.17. The number of nitrogens with one attached hydrogen (secondary N) is 1. The highest BCUT2D eigenvalue weighted by atomic mass is 127. The van der Waals surface area contributed by atoms with Gasteiger partial charge in [-0.25, -0.2) is 0 Å². The lowest BCUT2D eigenvalue weighted by molar-refractivity contribution is 0.607. The fourth-order valence-corrected chi connectivity index (χ4v) is 3.60. The van der Waals surface area contributed by atoms with E-state index in [9.17, 15) is 0 Å². The van der Waals surface area contributed by atoms with Crippen molar-refractivity contribution in [1.29, 1.82) is 0 Å². The Kier molecular flexibility index (Phi) is 4.81. The summed E-state index contributed by atoms with van der Waals surface area (Å²) in [6.07, 6.45) is 0. The van der Waals surface area contributed by atoms with Crippen LogP contribution in [0.3, 0.4) is 0 Å². The number of rotatable bonds is 4. The summed E-state index contributed by atoms with van der Waals surface area (Å²) < 4.78 is 1.29. The van der Waals surface area contributed by atoms with Crippen molar-refractivity contribution in [1.82, 2.24) is 5.32 Å². The molecule has 3 heteroatoms. The van der Waals surface area contributed by atoms with Crippen LogP contribution >= 0.6 is 33.9 Å². The van der Waals surface area contributed by atoms with Gasteiger partial charge in [-0.15, -0.1) is 11.3 Å². The molecule has 1 nitrogen and oxygen atoms in total. The van der Waals surface area contributed by atoms with Gasteiger partial charge in [-0.05, 0) is 78.4 Å². The van der Waals surface area contributed by atoms with Crippen LogP contribution in [0, 0.1) is 10.5 Å². The molecule has 1 aromatic heterocycles. The summed E-state index contributed by atoms with van der Waals surface area (Å²) in [4.78, 5) is 2.77. The van der Waals surface area contributed by atoms with E-state index in [4.69, 9.17) is 0 Å². The Bertz CT molecular complexity index is 533. The number of aryl methyl sites for hydroxylation is 1. The molecule has 2 aromatic rings. The second-order valence-electron chi connectivity index (χ2n) is 4.44. The molecule has 0 aliphatic heterocycles. The van der Waals surface area contributed by atoms with Gasteiger partial charge in [0.25, 0.3) is 0 Å². The van der Waals surface area contributed by atoms with Crippen molar-refractivity contribution < 1.29 is 0 Å². The SMILES string of the molecule is CCNC(C)c1ccc(-c2cc(I)ccc2C)s1. The summed E-state index contributed by atoms with van der Waals surface area (Å²) in [6.45, 7) is 7.56. The molecule has 96 valence electrons. The van der Waals surface area contributed by atoms with Crippen LogP contribution in [0.2, 0.25) is 0 Å². The first-order valence-corrected chi connectivity index (χ1v) is 8.11. The Balaban J connectivity index is 2.32. The monoisotopic (exact) mass is 371 g/mol. The maximum absolute atomic E-state index is 3.46. The van der Waals surface area contributed by atoms with Crippen LogP contribution in [0.4, 0.5) is 0 Å². The van der Waals surface area contributed by atoms with E-state index in [1.165, 1.54) is 24.5 Å². The lowest BCUT2D eigenvalue weighted by Gasteiger charge is -2.09. The van der Waals surface area contributed by atoms with Gasteiger partial charge in [-0.2, -0.15) is 0 Å². The first-order valence-electron chi connectivity index (χ1n) is 6.21. The van der Waals surface area contributed by atoms with Crippen LogP contribution < -0.4 is 5.32 Å². The second-order valence-corrected chi connectivity index (χ2v) is 6.80. The van der Waals surface area contributed by atoms with Crippen molar-refractivity contribution in [3.05, 3.63) is 44.3 Å². The van der Waals surface area contributed by atoms with E-state index in [2.05, 4.69) is 79.0 Å². The standard InChI is InChI=1S/C15H18INS/c1-4-17-11(3)14-7-8-15(18-14)13-9-12(16)6-5-10(13)2/h5-9,11,17H,4H2,1-3H3. The van der Waals surface area contributed by atoms with Gasteiger partial charge in [0.2, 0.25) is 0 Å². The van der Waals surface area contributed by atoms with Crippen molar-refractivity contribution in [3.63, 3.8) is 0 Å². The average Bonchev–Trinajstić information content (AvgIpc) is 2.82. The molecule has 0 radical (unpaired) electrons. The van der Waals surface area contributed by atoms with Crippen LogP contribution in [0.5, 0.6) is 0 Å². The molecule has 1 aromatic carbocycles. The first-order chi connectivity index (χ1) is 8.61. The zero-order valence-electron chi connectivity index (χ0n) is 11.0. The van der Waals surface area contributed by atoms with Gasteiger partial charge in [0.05, 0.1) is 0 Å². The largest absolute Gasteiger partial charge is 0.310 e. The molecule has 1 heterocycles. The van der Waals surface area contributed by atoms with E-state index in [1.807, 2.05) is 11.3 Å². The molecule has 0 aliphatic carbocycles. The quantitative estimate of drug-likeness (QED) is 0.746. The normalized spacial score (nSPS) is 12.7. The molecule has 0 fully saturated rings. The Morgan fingerprint density at radius 3 is 2.78 bits per heavy atom. The highest BCUT2D eigenvalue weighted by Crippen LogP contribution is 2.33. The lowest BCUT2D eigenvalue weighted by atomic mass is 10.1. The van der Waals surface area contributed by atoms with Crippen molar-refractivity contribution in [3.8, 4) is 10.4 Å². The number of halogens is 1. The third-order valence-corrected chi connectivity index (χ3v) is 5.00. The highest BCUT2D eigenvalue weighted by molar-refractivity contribution is 14.1. The van der Waals surface area contributed by atoms with Crippen molar-refractivity contribution >= 4 is 33.9 Å². The van der Waals surface area contributed by atoms with Crippen LogP contribution in [0.15, 0.2) is 30.3 Å². The summed E-state index contributed by atoms with van der Waals surface area (Å²) in [5.41, 5.74) is 2.71. The molecular weight excluding hydrogens is 353 g/mol. The number of thiophene rings is 1. The highest BCUT2D eigenvalue weighted by Gasteiger charge is 2.10. The average molecular weight is 371 g/mol. The Morgan fingerprint density at radius 1 is 1.28 bits per heavy atom. The van der Waals surface area contributed by atoms with E-state index < -0.39 is 0 Å². The molecule has 1 N–H and O–H groups in total. The summed E-state index contributed by atoms with van der Waals surface area (Å²) in [5.74, 6) is 0. The van der Waals surface area contributed by atoms with E-state index in [1.54, 1.807) is 0 Å². The fourth-order valence-electron chi connectivity index (χ4n) is 2.00. The predicted octanol–water partition coefficient (Wildman–Crippen LogP) is 5.00. The molecule has 0 spiro atoms. The smallest absolute Gasteiger partial charge is 0.0386 e. The first kappa shape index (κ1) is 14.0. The van der Waals surface area contributed by atoms with Crippen molar-refractivity contribution in [2.24, 2.45) is 0 Å². The van der Waals surface area contributed by atoms with E-state index in [-0.39, 0.29) is 0 Å². The minimum atomic E-state index is 0.442. The van der Waals surface area contributed by atoms with Crippen molar-refractivity contribution in [2.75, 3.05) is 6.54 Å². The molecule has 0 bridgehead atoms. The Hall–Kier alpha value is -0.390. The van der Waals surface area contributed by atoms with E-state index >= 15 is 0 Å². The van der Waals surface area contributed by atoms with Gasteiger partial charge < -0.3 is 5.32 Å². The third kappa shape index (κ3) is 3.13. The minimum absolute atomic E-state index is 0.442. The summed E-state index contributed by atoms with van der Waals surface area (Å²) in [5, 5.41) is 3.46. The van der Waals surface area contributed by atoms with Gasteiger partial charge >= 0.3 is 0 Å². The number of hydrogen-bond donors (Lipinski definition) is 1. The number of hydrogen-bond acceptors (Lipinski definition) is 2. The van der Waals surface area contributed by atoms with Gasteiger partial charge in [-0.3, -0.25) is 0 Å². The Labute approximate surface area is 127 Å². The van der Waals surface area contributed by atoms with Crippen molar-refractivity contribution in [2.45, 2.75) is 26.8 Å². The molecular formula is C15H18INS. The van der Waals surface area contributed by atoms with Crippen LogP contribution in [-0.4, -0.2) is 6.54 Å². The summed E-state index contributed by atoms with van der Waals surface area (Å²) in [7, 11) is 0. The van der Waals surface area contributed by atoms with Gasteiger partial charge in [0.15, 0.2) is 0 Å². The molecule has 18 heavy (non-hydrogen) atoms. The minimum Gasteiger partial charge on any atom is -0.310 e. The number of benzene rings is 1. The molecule has 0 aliphatic rings. The van der Waals surface area contributed by atoms with Gasteiger partial charge in [0.1, 0.15) is 0 Å². The van der Waals surface area contributed by atoms with Crippen LogP contribution in [0.1, 0.15) is 30.3 Å². The summed E-state index contributed by atoms with van der Waals surface area (Å²) in [6, 6.07) is 11.6. The lowest BCUT2D eigenvalue weighted by Crippen LogP contribution is -2.16. The maximum atomic E-state index is 3.46. The zero-order valence-corrected chi connectivity index (χ0v) is 13.9. The Morgan fingerprint density at radius 2 is 2.06 bits per heavy atom. The molecule has 1 atom stereocenters. The van der Waals surface area contributed by atoms with Crippen LogP contribution in [-0.2, 0) is 0 Å². The third-order valence-electron chi connectivity index (χ3n) is 3.03. The van der Waals surface area contributed by atoms with Gasteiger partial charge in [-0.1, -0.05) is 13.0 Å². The van der Waals surface area contributed by atoms with E-state index in [0.717, 1.165) is 6.54 Å². The molecule has 0 saturated heterocycles. The summed E-state index contributed by atoms with van der Waals surface area (Å²) >= 11 is 4.27. The molecule has 2 rings (SSSR count). The maximum Gasteiger partial charge on any atom is 0.0386 e. The fraction of sp³-hybridized carbons (Fsp3) is 0.333. The molecule has 1 unspecified atom stereocenters. The topological polar surface area (TPSA) is 12.0 Å². The molecule has 0 saturated carbocycles. The van der Waals surface area contributed by atoms with Crippen LogP contribution in [0.25, 0.3) is 10.4 Å². The predicted molar refractivity (Wildman–Crippen MR) is 89.3 cm³/mol. The molecule has 0 amide bonds. The van der Waals surface area contributed by atoms with E-state index in [0.29, 0.717) is 6.04 Å².